The summed E-state index contributed by atoms with van der Waals surface area (Å²) in [5.41, 5.74) is -0.588. The summed E-state index contributed by atoms with van der Waals surface area (Å²) in [7, 11) is 0. The van der Waals surface area contributed by atoms with E-state index in [4.69, 9.17) is 0 Å². The summed E-state index contributed by atoms with van der Waals surface area (Å²) < 4.78 is 26.9. The molecule has 10 heteroatoms. The predicted octanol–water partition coefficient (Wildman–Crippen LogP) is 3.07. The molecule has 1 aromatic heterocycles. The van der Waals surface area contributed by atoms with E-state index in [1.807, 2.05) is 0 Å². The van der Waals surface area contributed by atoms with Gasteiger partial charge < -0.3 is 25.6 Å². The first-order valence-electron chi connectivity index (χ1n) is 12.8. The molecule has 0 unspecified atom stereocenters. The Bertz CT molecular complexity index is 1380. The van der Waals surface area contributed by atoms with Crippen LogP contribution in [0, 0.1) is 11.6 Å². The van der Waals surface area contributed by atoms with Gasteiger partial charge in [-0.1, -0.05) is 12.1 Å². The molecule has 4 rings (SSSR count). The molecule has 0 spiro atoms. The smallest absolute Gasteiger partial charge is 0.253 e. The molecule has 8 nitrogen and oxygen atoms in total. The second-order valence-electron chi connectivity index (χ2n) is 10.3. The van der Waals surface area contributed by atoms with Gasteiger partial charge in [-0.15, -0.1) is 0 Å². The maximum absolute atomic E-state index is 13.7. The number of carbonyl (C=O) groups excluding carboxylic acids is 3. The van der Waals surface area contributed by atoms with Gasteiger partial charge in [-0.25, -0.2) is 8.78 Å². The van der Waals surface area contributed by atoms with Crippen molar-refractivity contribution in [1.29, 1.82) is 0 Å². The number of aromatic nitrogens is 1. The van der Waals surface area contributed by atoms with Crippen molar-refractivity contribution >= 4 is 34.7 Å². The van der Waals surface area contributed by atoms with E-state index in [1.54, 1.807) is 12.3 Å². The van der Waals surface area contributed by atoms with E-state index in [-0.39, 0.29) is 38.3 Å². The Labute approximate surface area is 225 Å². The molecule has 0 radical (unpaired) electrons. The van der Waals surface area contributed by atoms with Crippen LogP contribution >= 0.6 is 0 Å². The number of aromatic amines is 1. The van der Waals surface area contributed by atoms with Gasteiger partial charge in [0.15, 0.2) is 0 Å². The van der Waals surface area contributed by atoms with Crippen LogP contribution in [0.2, 0.25) is 0 Å². The van der Waals surface area contributed by atoms with E-state index in [1.165, 1.54) is 67.3 Å². The number of benzene rings is 2. The van der Waals surface area contributed by atoms with E-state index < -0.39 is 34.7 Å². The maximum Gasteiger partial charge on any atom is 0.253 e. The zero-order valence-corrected chi connectivity index (χ0v) is 21.9. The van der Waals surface area contributed by atoms with Crippen LogP contribution in [-0.4, -0.2) is 63.5 Å². The van der Waals surface area contributed by atoms with Gasteiger partial charge >= 0.3 is 0 Å². The molecule has 1 aliphatic rings. The zero-order valence-electron chi connectivity index (χ0n) is 21.9. The molecule has 2 aromatic carbocycles. The second kappa shape index (κ2) is 11.4. The first-order chi connectivity index (χ1) is 18.5. The average Bonchev–Trinajstić information content (AvgIpc) is 3.29. The Hall–Kier alpha value is -4.05. The normalized spacial score (nSPS) is 15.5. The zero-order chi connectivity index (χ0) is 28.2. The molecule has 206 valence electrons. The summed E-state index contributed by atoms with van der Waals surface area (Å²) in [4.78, 5) is 43.5. The maximum atomic E-state index is 13.7. The number of hydrogen-bond donors (Lipinski definition) is 4. The number of fused-ring (bicyclic) bond motifs is 1. The number of likely N-dealkylation sites (tertiary alicyclic amines) is 1. The number of carbonyl (C=O) groups is 3. The second-order valence-corrected chi connectivity index (χ2v) is 10.3. The Morgan fingerprint density at radius 3 is 2.41 bits per heavy atom. The lowest BCUT2D eigenvalue weighted by molar-refractivity contribution is -0.151. The highest BCUT2D eigenvalue weighted by Gasteiger charge is 2.44. The van der Waals surface area contributed by atoms with Gasteiger partial charge in [0.25, 0.3) is 5.91 Å². The van der Waals surface area contributed by atoms with Gasteiger partial charge in [0.1, 0.15) is 22.8 Å². The van der Waals surface area contributed by atoms with Crippen LogP contribution in [0.5, 0.6) is 0 Å². The molecule has 3 aromatic rings. The van der Waals surface area contributed by atoms with Crippen molar-refractivity contribution in [3.8, 4) is 0 Å². The van der Waals surface area contributed by atoms with E-state index in [0.717, 1.165) is 16.5 Å². The molecule has 0 aliphatic carbocycles. The summed E-state index contributed by atoms with van der Waals surface area (Å²) >= 11 is 0. The van der Waals surface area contributed by atoms with Crippen LogP contribution in [0.3, 0.4) is 0 Å². The number of amides is 3. The highest BCUT2D eigenvalue weighted by Crippen LogP contribution is 2.25. The minimum atomic E-state index is -1.55. The fourth-order valence-electron chi connectivity index (χ4n) is 4.75. The van der Waals surface area contributed by atoms with Crippen molar-refractivity contribution in [3.63, 3.8) is 0 Å². The molecule has 0 bridgehead atoms. The van der Waals surface area contributed by atoms with Crippen LogP contribution in [0.25, 0.3) is 17.0 Å². The van der Waals surface area contributed by atoms with Crippen LogP contribution in [0.15, 0.2) is 54.7 Å². The first-order valence-corrected chi connectivity index (χ1v) is 12.8. The molecule has 39 heavy (non-hydrogen) atoms. The van der Waals surface area contributed by atoms with Gasteiger partial charge in [0, 0.05) is 42.8 Å². The van der Waals surface area contributed by atoms with Gasteiger partial charge in [-0.05, 0) is 80.6 Å². The van der Waals surface area contributed by atoms with Crippen molar-refractivity contribution in [1.82, 2.24) is 20.5 Å². The van der Waals surface area contributed by atoms with E-state index in [2.05, 4.69) is 15.6 Å². The quantitative estimate of drug-likeness (QED) is 0.330. The molecular weight excluding hydrogens is 506 g/mol. The highest BCUT2D eigenvalue weighted by molar-refractivity contribution is 5.98. The highest BCUT2D eigenvalue weighted by atomic mass is 19.1. The summed E-state index contributed by atoms with van der Waals surface area (Å²) in [6.45, 7) is 3.39. The molecule has 2 heterocycles. The standard InChI is InChI=1S/C29H32F2N4O4/c1-28(2,39)27(38)35-15-12-29(13-16-35,34-25(36)10-5-19-3-6-21(30)7-4-19)26(37)32-14-11-20-18-33-24-9-8-22(31)17-23(20)24/h3-10,17-18,33,39H,11-16H2,1-2H3,(H,32,37)(H,34,36). The van der Waals surface area contributed by atoms with E-state index >= 15 is 0 Å². The van der Waals surface area contributed by atoms with Gasteiger partial charge in [-0.2, -0.15) is 0 Å². The number of H-pyrrole nitrogens is 1. The third-order valence-corrected chi connectivity index (χ3v) is 6.93. The first kappa shape index (κ1) is 28.0. The van der Waals surface area contributed by atoms with Crippen LogP contribution in [0.1, 0.15) is 37.8 Å². The van der Waals surface area contributed by atoms with Crippen molar-refractivity contribution in [3.05, 3.63) is 77.5 Å². The lowest BCUT2D eigenvalue weighted by atomic mass is 9.85. The number of piperidine rings is 1. The Kier molecular flexibility index (Phi) is 8.15. The summed E-state index contributed by atoms with van der Waals surface area (Å²) in [5.74, 6) is -2.10. The molecule has 0 saturated carbocycles. The predicted molar refractivity (Wildman–Crippen MR) is 143 cm³/mol. The SMILES string of the molecule is CC(C)(O)C(=O)N1CCC(NC(=O)C=Cc2ccc(F)cc2)(C(=O)NCCc2c[nH]c3ccc(F)cc23)CC1. The van der Waals surface area contributed by atoms with Gasteiger partial charge in [-0.3, -0.25) is 14.4 Å². The van der Waals surface area contributed by atoms with Crippen LogP contribution in [-0.2, 0) is 20.8 Å². The topological polar surface area (TPSA) is 115 Å². The molecule has 1 saturated heterocycles. The minimum Gasteiger partial charge on any atom is -0.381 e. The van der Waals surface area contributed by atoms with Gasteiger partial charge in [0.05, 0.1) is 0 Å². The van der Waals surface area contributed by atoms with Crippen molar-refractivity contribution in [2.75, 3.05) is 19.6 Å². The van der Waals surface area contributed by atoms with Crippen LogP contribution in [0.4, 0.5) is 8.78 Å². The molecule has 1 aliphatic heterocycles. The third-order valence-electron chi connectivity index (χ3n) is 6.93. The van der Waals surface area contributed by atoms with Crippen molar-refractivity contribution in [2.45, 2.75) is 44.2 Å². The lowest BCUT2D eigenvalue weighted by Gasteiger charge is -2.42. The number of aliphatic hydroxyl groups is 1. The Balaban J connectivity index is 1.46. The summed E-state index contributed by atoms with van der Waals surface area (Å²) in [6, 6.07) is 10.1. The fourth-order valence-corrected chi connectivity index (χ4v) is 4.75. The van der Waals surface area contributed by atoms with E-state index in [0.29, 0.717) is 12.0 Å². The number of nitrogens with one attached hydrogen (secondary N) is 3. The number of rotatable bonds is 8. The molecule has 3 amide bonds. The molecule has 0 atom stereocenters. The number of nitrogens with zero attached hydrogens (tertiary/aromatic N) is 1. The van der Waals surface area contributed by atoms with Crippen molar-refractivity contribution < 1.29 is 28.3 Å². The third kappa shape index (κ3) is 6.69. The lowest BCUT2D eigenvalue weighted by Crippen LogP contribution is -2.64. The summed E-state index contributed by atoms with van der Waals surface area (Å²) in [5, 5.41) is 16.6. The molecular formula is C29H32F2N4O4. The Morgan fingerprint density at radius 1 is 1.08 bits per heavy atom. The Morgan fingerprint density at radius 2 is 1.74 bits per heavy atom. The number of hydrogen-bond acceptors (Lipinski definition) is 4. The van der Waals surface area contributed by atoms with Crippen molar-refractivity contribution in [2.24, 2.45) is 0 Å². The fraction of sp³-hybridized carbons (Fsp3) is 0.345. The monoisotopic (exact) mass is 538 g/mol. The largest absolute Gasteiger partial charge is 0.381 e. The molecule has 4 N–H and O–H groups in total. The van der Waals surface area contributed by atoms with E-state index in [9.17, 15) is 28.3 Å². The van der Waals surface area contributed by atoms with Crippen LogP contribution < -0.4 is 10.6 Å². The van der Waals surface area contributed by atoms with Gasteiger partial charge in [0.2, 0.25) is 11.8 Å². The number of halogens is 2. The molecule has 1 fully saturated rings. The average molecular weight is 539 g/mol. The minimum absolute atomic E-state index is 0.148. The summed E-state index contributed by atoms with van der Waals surface area (Å²) in [6.07, 6.45) is 5.30.